The minimum Gasteiger partial charge on any atom is -0.399 e. The molecule has 0 aliphatic carbocycles. The fraction of sp³-hybridized carbons (Fsp3) is 0.750. The highest BCUT2D eigenvalue weighted by molar-refractivity contribution is 5.55. The molecular weight excluding hydrogens is 126 g/mol. The molecule has 0 N–H and O–H groups in total. The molecule has 59 valence electrons. The third-order valence-electron chi connectivity index (χ3n) is 1.26. The Balaban J connectivity index is 2.83. The van der Waals surface area contributed by atoms with Crippen LogP contribution >= 0.6 is 0 Å². The van der Waals surface area contributed by atoms with Crippen LogP contribution in [0.4, 0.5) is 0 Å². The van der Waals surface area contributed by atoms with Crippen molar-refractivity contribution in [3.8, 4) is 0 Å². The van der Waals surface area contributed by atoms with Crippen LogP contribution in [0.5, 0.6) is 0 Å². The second-order valence-electron chi connectivity index (χ2n) is 2.17. The average Bonchev–Trinajstić information content (AvgIpc) is 1.97. The van der Waals surface area contributed by atoms with Gasteiger partial charge in [0, 0.05) is 6.21 Å². The van der Waals surface area contributed by atoms with Gasteiger partial charge in [-0.2, -0.15) is 0 Å². The van der Waals surface area contributed by atoms with Crippen LogP contribution in [0.15, 0.2) is 5.16 Å². The number of nitrogens with zero attached hydrogens (tertiary/aromatic N) is 1. The number of hydrogen-bond donors (Lipinski definition) is 0. The number of rotatable bonds is 6. The van der Waals surface area contributed by atoms with Gasteiger partial charge in [-0.1, -0.05) is 31.3 Å². The quantitative estimate of drug-likeness (QED) is 0.317. The van der Waals surface area contributed by atoms with Crippen molar-refractivity contribution in [2.45, 2.75) is 32.1 Å². The highest BCUT2D eigenvalue weighted by Crippen LogP contribution is 1.99. The second kappa shape index (κ2) is 8.47. The fourth-order valence-electron chi connectivity index (χ4n) is 0.716. The van der Waals surface area contributed by atoms with E-state index in [1.54, 1.807) is 7.11 Å². The molecule has 0 spiro atoms. The Labute approximate surface area is 63.3 Å². The SMILES string of the molecule is [CH2]CCCCC/C=N/OC. The molecule has 0 saturated carbocycles. The molecule has 0 rings (SSSR count). The summed E-state index contributed by atoms with van der Waals surface area (Å²) in [4.78, 5) is 4.51. The maximum absolute atomic E-state index is 4.51. The molecule has 0 aromatic carbocycles. The molecule has 0 aliphatic rings. The number of unbranched alkanes of at least 4 members (excludes halogenated alkanes) is 4. The van der Waals surface area contributed by atoms with Crippen LogP contribution in [0.3, 0.4) is 0 Å². The lowest BCUT2D eigenvalue weighted by Crippen LogP contribution is -1.79. The third kappa shape index (κ3) is 7.47. The van der Waals surface area contributed by atoms with Crippen molar-refractivity contribution in [2.24, 2.45) is 5.16 Å². The first-order chi connectivity index (χ1) is 4.91. The van der Waals surface area contributed by atoms with Crippen LogP contribution in [-0.4, -0.2) is 13.3 Å². The van der Waals surface area contributed by atoms with Gasteiger partial charge in [0.25, 0.3) is 0 Å². The van der Waals surface area contributed by atoms with Crippen LogP contribution in [0, 0.1) is 6.92 Å². The van der Waals surface area contributed by atoms with Crippen molar-refractivity contribution < 1.29 is 4.84 Å². The zero-order chi connectivity index (χ0) is 7.66. The molecule has 0 bridgehead atoms. The van der Waals surface area contributed by atoms with Crippen molar-refractivity contribution in [1.29, 1.82) is 0 Å². The standard InChI is InChI=1S/C8H16NO/c1-3-4-5-6-7-8-9-10-2/h8H,1,3-7H2,2H3/b9-8+. The van der Waals surface area contributed by atoms with Gasteiger partial charge in [0.1, 0.15) is 7.11 Å². The highest BCUT2D eigenvalue weighted by atomic mass is 16.6. The first-order valence-electron chi connectivity index (χ1n) is 3.76. The van der Waals surface area contributed by atoms with Crippen LogP contribution in [0.25, 0.3) is 0 Å². The molecule has 2 nitrogen and oxygen atoms in total. The van der Waals surface area contributed by atoms with Crippen LogP contribution in [0.2, 0.25) is 0 Å². The minimum absolute atomic E-state index is 1.02. The van der Waals surface area contributed by atoms with Crippen molar-refractivity contribution in [3.63, 3.8) is 0 Å². The van der Waals surface area contributed by atoms with Crippen LogP contribution in [0.1, 0.15) is 32.1 Å². The van der Waals surface area contributed by atoms with Gasteiger partial charge in [0.15, 0.2) is 0 Å². The molecule has 2 heteroatoms. The second-order valence-corrected chi connectivity index (χ2v) is 2.17. The first kappa shape index (κ1) is 9.47. The van der Waals surface area contributed by atoms with Gasteiger partial charge in [-0.25, -0.2) is 0 Å². The maximum Gasteiger partial charge on any atom is 0.106 e. The Morgan fingerprint density at radius 3 is 2.80 bits per heavy atom. The molecular formula is C8H16NO. The van der Waals surface area contributed by atoms with Gasteiger partial charge in [-0.15, -0.1) is 0 Å². The molecule has 0 unspecified atom stereocenters. The summed E-state index contributed by atoms with van der Waals surface area (Å²) < 4.78 is 0. The van der Waals surface area contributed by atoms with E-state index < -0.39 is 0 Å². The number of oxime groups is 1. The van der Waals surface area contributed by atoms with E-state index in [1.807, 2.05) is 6.21 Å². The van der Waals surface area contributed by atoms with Gasteiger partial charge in [0.05, 0.1) is 0 Å². The molecule has 0 heterocycles. The Morgan fingerprint density at radius 1 is 1.40 bits per heavy atom. The van der Waals surface area contributed by atoms with Gasteiger partial charge >= 0.3 is 0 Å². The molecule has 0 amide bonds. The van der Waals surface area contributed by atoms with Crippen molar-refractivity contribution in [3.05, 3.63) is 6.92 Å². The summed E-state index contributed by atoms with van der Waals surface area (Å²) in [5, 5.41) is 3.63. The zero-order valence-electron chi connectivity index (χ0n) is 6.68. The van der Waals surface area contributed by atoms with E-state index in [2.05, 4.69) is 16.9 Å². The summed E-state index contributed by atoms with van der Waals surface area (Å²) in [6, 6.07) is 0. The van der Waals surface area contributed by atoms with E-state index >= 15 is 0 Å². The third-order valence-corrected chi connectivity index (χ3v) is 1.26. The van der Waals surface area contributed by atoms with Gasteiger partial charge < -0.3 is 4.84 Å². The summed E-state index contributed by atoms with van der Waals surface area (Å²) in [7, 11) is 1.56. The van der Waals surface area contributed by atoms with E-state index in [-0.39, 0.29) is 0 Å². The summed E-state index contributed by atoms with van der Waals surface area (Å²) in [6.45, 7) is 3.76. The molecule has 0 atom stereocenters. The lowest BCUT2D eigenvalue weighted by Gasteiger charge is -1.92. The Hall–Kier alpha value is -0.530. The predicted molar refractivity (Wildman–Crippen MR) is 43.9 cm³/mol. The van der Waals surface area contributed by atoms with Crippen molar-refractivity contribution >= 4 is 6.21 Å². The zero-order valence-corrected chi connectivity index (χ0v) is 6.68. The average molecular weight is 142 g/mol. The van der Waals surface area contributed by atoms with E-state index in [0.29, 0.717) is 0 Å². The van der Waals surface area contributed by atoms with Crippen LogP contribution in [-0.2, 0) is 4.84 Å². The molecule has 0 fully saturated rings. The normalized spacial score (nSPS) is 10.6. The van der Waals surface area contributed by atoms with Crippen LogP contribution < -0.4 is 0 Å². The monoisotopic (exact) mass is 142 g/mol. The molecule has 0 saturated heterocycles. The van der Waals surface area contributed by atoms with E-state index in [1.165, 1.54) is 19.3 Å². The first-order valence-corrected chi connectivity index (χ1v) is 3.76. The summed E-state index contributed by atoms with van der Waals surface area (Å²) in [6.07, 6.45) is 7.54. The van der Waals surface area contributed by atoms with Gasteiger partial charge in [-0.3, -0.25) is 0 Å². The topological polar surface area (TPSA) is 21.6 Å². The highest BCUT2D eigenvalue weighted by Gasteiger charge is 1.83. The summed E-state index contributed by atoms with van der Waals surface area (Å²) >= 11 is 0. The minimum atomic E-state index is 1.02. The Bertz CT molecular complexity index is 81.3. The molecule has 0 aromatic rings. The maximum atomic E-state index is 4.51. The fourth-order valence-corrected chi connectivity index (χ4v) is 0.716. The Morgan fingerprint density at radius 2 is 2.20 bits per heavy atom. The van der Waals surface area contributed by atoms with Crippen molar-refractivity contribution in [2.75, 3.05) is 7.11 Å². The van der Waals surface area contributed by atoms with Gasteiger partial charge in [-0.05, 0) is 12.8 Å². The molecule has 0 aromatic heterocycles. The molecule has 1 radical (unpaired) electrons. The van der Waals surface area contributed by atoms with Crippen molar-refractivity contribution in [1.82, 2.24) is 0 Å². The van der Waals surface area contributed by atoms with E-state index in [4.69, 9.17) is 0 Å². The predicted octanol–water partition coefficient (Wildman–Crippen LogP) is 2.40. The molecule has 10 heavy (non-hydrogen) atoms. The van der Waals surface area contributed by atoms with Gasteiger partial charge in [0.2, 0.25) is 0 Å². The largest absolute Gasteiger partial charge is 0.399 e. The lowest BCUT2D eigenvalue weighted by molar-refractivity contribution is 0.214. The smallest absolute Gasteiger partial charge is 0.106 e. The van der Waals surface area contributed by atoms with E-state index in [9.17, 15) is 0 Å². The summed E-state index contributed by atoms with van der Waals surface area (Å²) in [5.41, 5.74) is 0. The van der Waals surface area contributed by atoms with E-state index in [0.717, 1.165) is 12.8 Å². The lowest BCUT2D eigenvalue weighted by atomic mass is 10.2. The summed E-state index contributed by atoms with van der Waals surface area (Å²) in [5.74, 6) is 0. The molecule has 0 aliphatic heterocycles. The Kier molecular flexibility index (Phi) is 8.02. The number of hydrogen-bond acceptors (Lipinski definition) is 2.